The number of nitrogens with zero attached hydrogens (tertiary/aromatic N) is 2. The summed E-state index contributed by atoms with van der Waals surface area (Å²) in [5.74, 6) is 0.511. The molecular weight excluding hydrogens is 430 g/mol. The van der Waals surface area contributed by atoms with Crippen LogP contribution in [0.5, 0.6) is 0 Å². The number of halogens is 2. The highest BCUT2D eigenvalue weighted by Gasteiger charge is 2.02. The smallest absolute Gasteiger partial charge is 0.191 e. The molecule has 0 unspecified atom stereocenters. The Balaban J connectivity index is 0.00000312. The molecule has 0 amide bonds. The Hall–Kier alpha value is -2.14. The molecule has 0 radical (unpaired) electrons. The van der Waals surface area contributed by atoms with Crippen LogP contribution in [0.1, 0.15) is 23.6 Å². The van der Waals surface area contributed by atoms with E-state index in [0.717, 1.165) is 12.1 Å². The SMILES string of the molecule is CCNC(=NCc1ccc(C#N)cc1)NCCc1ccccc1F.I. The number of hydrogen-bond donors (Lipinski definition) is 2. The number of hydrogen-bond acceptors (Lipinski definition) is 2. The van der Waals surface area contributed by atoms with Gasteiger partial charge in [-0.25, -0.2) is 9.38 Å². The van der Waals surface area contributed by atoms with Crippen molar-refractivity contribution in [2.45, 2.75) is 19.9 Å². The van der Waals surface area contributed by atoms with E-state index in [-0.39, 0.29) is 29.8 Å². The first-order valence-electron chi connectivity index (χ1n) is 7.97. The predicted octanol–water partition coefficient (Wildman–Crippen LogP) is 3.61. The molecule has 0 saturated heterocycles. The zero-order chi connectivity index (χ0) is 17.2. The van der Waals surface area contributed by atoms with Crippen molar-refractivity contribution in [2.24, 2.45) is 4.99 Å². The standard InChI is InChI=1S/C19H21FN4.HI/c1-2-22-19(23-12-11-17-5-3-4-6-18(17)20)24-14-16-9-7-15(13-21)8-10-16;/h3-10H,2,11-12,14H2,1H3,(H2,22,23,24);1H. The van der Waals surface area contributed by atoms with Crippen molar-refractivity contribution in [3.05, 3.63) is 71.0 Å². The van der Waals surface area contributed by atoms with Crippen LogP contribution in [0.4, 0.5) is 4.39 Å². The number of nitriles is 1. The molecule has 4 nitrogen and oxygen atoms in total. The summed E-state index contributed by atoms with van der Waals surface area (Å²) in [5.41, 5.74) is 2.35. The monoisotopic (exact) mass is 452 g/mol. The number of benzene rings is 2. The summed E-state index contributed by atoms with van der Waals surface area (Å²) in [7, 11) is 0. The molecule has 2 N–H and O–H groups in total. The molecule has 0 aliphatic heterocycles. The lowest BCUT2D eigenvalue weighted by atomic mass is 10.1. The van der Waals surface area contributed by atoms with Gasteiger partial charge in [-0.1, -0.05) is 30.3 Å². The number of aliphatic imine (C=N–C) groups is 1. The van der Waals surface area contributed by atoms with Gasteiger partial charge in [0.05, 0.1) is 18.2 Å². The van der Waals surface area contributed by atoms with Crippen molar-refractivity contribution in [2.75, 3.05) is 13.1 Å². The van der Waals surface area contributed by atoms with E-state index in [1.54, 1.807) is 24.3 Å². The molecule has 2 aromatic carbocycles. The minimum absolute atomic E-state index is 0. The third-order valence-corrected chi connectivity index (χ3v) is 3.49. The van der Waals surface area contributed by atoms with Gasteiger partial charge in [0.15, 0.2) is 5.96 Å². The second-order valence-corrected chi connectivity index (χ2v) is 5.27. The Morgan fingerprint density at radius 3 is 2.48 bits per heavy atom. The van der Waals surface area contributed by atoms with Gasteiger partial charge >= 0.3 is 0 Å². The third-order valence-electron chi connectivity index (χ3n) is 3.49. The highest BCUT2D eigenvalue weighted by atomic mass is 127. The minimum atomic E-state index is -0.182. The third kappa shape index (κ3) is 7.10. The summed E-state index contributed by atoms with van der Waals surface area (Å²) < 4.78 is 13.6. The largest absolute Gasteiger partial charge is 0.357 e. The van der Waals surface area contributed by atoms with Crippen molar-refractivity contribution in [3.8, 4) is 6.07 Å². The molecule has 0 aliphatic rings. The van der Waals surface area contributed by atoms with E-state index in [9.17, 15) is 4.39 Å². The summed E-state index contributed by atoms with van der Waals surface area (Å²) in [6.07, 6.45) is 0.591. The van der Waals surface area contributed by atoms with Gasteiger partial charge in [0.25, 0.3) is 0 Å². The molecule has 6 heteroatoms. The second-order valence-electron chi connectivity index (χ2n) is 5.27. The molecular formula is C19H22FIN4. The Kier molecular flexibility index (Phi) is 9.55. The molecule has 25 heavy (non-hydrogen) atoms. The molecule has 0 spiro atoms. The lowest BCUT2D eigenvalue weighted by Crippen LogP contribution is -2.38. The van der Waals surface area contributed by atoms with Crippen LogP contribution in [-0.2, 0) is 13.0 Å². The van der Waals surface area contributed by atoms with Crippen molar-refractivity contribution < 1.29 is 4.39 Å². The predicted molar refractivity (Wildman–Crippen MR) is 109 cm³/mol. The summed E-state index contributed by atoms with van der Waals surface area (Å²) in [6.45, 7) is 3.86. The van der Waals surface area contributed by atoms with Crippen LogP contribution in [0.15, 0.2) is 53.5 Å². The highest BCUT2D eigenvalue weighted by Crippen LogP contribution is 2.06. The first-order valence-corrected chi connectivity index (χ1v) is 7.97. The van der Waals surface area contributed by atoms with Gasteiger partial charge in [-0.2, -0.15) is 5.26 Å². The zero-order valence-corrected chi connectivity index (χ0v) is 16.5. The Morgan fingerprint density at radius 2 is 1.84 bits per heavy atom. The molecule has 0 atom stereocenters. The van der Waals surface area contributed by atoms with E-state index >= 15 is 0 Å². The van der Waals surface area contributed by atoms with Crippen LogP contribution in [0.25, 0.3) is 0 Å². The second kappa shape index (κ2) is 11.4. The highest BCUT2D eigenvalue weighted by molar-refractivity contribution is 14.0. The van der Waals surface area contributed by atoms with E-state index < -0.39 is 0 Å². The van der Waals surface area contributed by atoms with E-state index in [0.29, 0.717) is 36.6 Å². The van der Waals surface area contributed by atoms with E-state index in [1.807, 2.05) is 25.1 Å². The van der Waals surface area contributed by atoms with Crippen LogP contribution in [0.2, 0.25) is 0 Å². The lowest BCUT2D eigenvalue weighted by molar-refractivity contribution is 0.606. The maximum absolute atomic E-state index is 13.6. The van der Waals surface area contributed by atoms with Gasteiger partial charge < -0.3 is 10.6 Å². The normalized spacial score (nSPS) is 10.5. The van der Waals surface area contributed by atoms with Gasteiger partial charge in [0.1, 0.15) is 5.82 Å². The van der Waals surface area contributed by atoms with E-state index in [2.05, 4.69) is 21.7 Å². The number of nitrogens with one attached hydrogen (secondary N) is 2. The molecule has 132 valence electrons. The average Bonchev–Trinajstić information content (AvgIpc) is 2.61. The topological polar surface area (TPSA) is 60.2 Å². The first-order chi connectivity index (χ1) is 11.7. The van der Waals surface area contributed by atoms with E-state index in [4.69, 9.17) is 5.26 Å². The minimum Gasteiger partial charge on any atom is -0.357 e. The average molecular weight is 452 g/mol. The van der Waals surface area contributed by atoms with Crippen molar-refractivity contribution in [1.29, 1.82) is 5.26 Å². The van der Waals surface area contributed by atoms with Crippen LogP contribution in [0, 0.1) is 17.1 Å². The van der Waals surface area contributed by atoms with Crippen molar-refractivity contribution in [1.82, 2.24) is 10.6 Å². The van der Waals surface area contributed by atoms with Crippen LogP contribution in [-0.4, -0.2) is 19.0 Å². The van der Waals surface area contributed by atoms with Crippen LogP contribution < -0.4 is 10.6 Å². The van der Waals surface area contributed by atoms with Gasteiger partial charge in [0, 0.05) is 13.1 Å². The van der Waals surface area contributed by atoms with Crippen molar-refractivity contribution >= 4 is 29.9 Å². The Morgan fingerprint density at radius 1 is 1.12 bits per heavy atom. The molecule has 2 aromatic rings. The summed E-state index contributed by atoms with van der Waals surface area (Å²) in [4.78, 5) is 4.51. The molecule has 0 saturated carbocycles. The van der Waals surface area contributed by atoms with Crippen LogP contribution in [0.3, 0.4) is 0 Å². The molecule has 0 fully saturated rings. The lowest BCUT2D eigenvalue weighted by Gasteiger charge is -2.11. The van der Waals surface area contributed by atoms with Crippen molar-refractivity contribution in [3.63, 3.8) is 0 Å². The summed E-state index contributed by atoms with van der Waals surface area (Å²) in [5, 5.41) is 15.2. The number of guanidine groups is 1. The zero-order valence-electron chi connectivity index (χ0n) is 14.1. The molecule has 0 aliphatic carbocycles. The van der Waals surface area contributed by atoms with Gasteiger partial charge in [-0.15, -0.1) is 24.0 Å². The summed E-state index contributed by atoms with van der Waals surface area (Å²) >= 11 is 0. The Labute approximate surface area is 165 Å². The maximum Gasteiger partial charge on any atom is 0.191 e. The molecule has 0 bridgehead atoms. The molecule has 2 rings (SSSR count). The first kappa shape index (κ1) is 20.9. The Bertz CT molecular complexity index is 723. The van der Waals surface area contributed by atoms with E-state index in [1.165, 1.54) is 6.07 Å². The molecule has 0 aromatic heterocycles. The van der Waals surface area contributed by atoms with Crippen LogP contribution >= 0.6 is 24.0 Å². The quantitative estimate of drug-likeness (QED) is 0.400. The number of rotatable bonds is 6. The molecule has 0 heterocycles. The van der Waals surface area contributed by atoms with Gasteiger partial charge in [0.2, 0.25) is 0 Å². The fraction of sp³-hybridized carbons (Fsp3) is 0.263. The fourth-order valence-electron chi connectivity index (χ4n) is 2.21. The van der Waals surface area contributed by atoms with Gasteiger partial charge in [-0.3, -0.25) is 0 Å². The fourth-order valence-corrected chi connectivity index (χ4v) is 2.21. The maximum atomic E-state index is 13.6. The summed E-state index contributed by atoms with van der Waals surface area (Å²) in [6, 6.07) is 16.2. The van der Waals surface area contributed by atoms with Gasteiger partial charge in [-0.05, 0) is 42.7 Å².